The number of pyridine rings is 1. The van der Waals surface area contributed by atoms with E-state index in [4.69, 9.17) is 0 Å². The molecule has 1 saturated heterocycles. The zero-order chi connectivity index (χ0) is 15.0. The summed E-state index contributed by atoms with van der Waals surface area (Å²) in [7, 11) is 0. The number of carbonyl (C=O) groups excluding carboxylic acids is 1. The fraction of sp³-hybridized carbons (Fsp3) is 0.412. The van der Waals surface area contributed by atoms with Crippen LogP contribution in [0.15, 0.2) is 36.5 Å². The molecule has 1 N–H and O–H groups in total. The molecule has 1 aliphatic heterocycles. The molecule has 0 radical (unpaired) electrons. The number of carbonyl (C=O) groups is 1. The molecule has 1 aromatic heterocycles. The van der Waals surface area contributed by atoms with Crippen LogP contribution >= 0.6 is 0 Å². The van der Waals surface area contributed by atoms with Crippen LogP contribution in [0.5, 0.6) is 0 Å². The molecule has 1 aromatic carbocycles. The van der Waals surface area contributed by atoms with Gasteiger partial charge < -0.3 is 10.2 Å². The highest BCUT2D eigenvalue weighted by atomic mass is 16.2. The van der Waals surface area contributed by atoms with E-state index in [1.165, 1.54) is 10.8 Å². The first-order valence-corrected chi connectivity index (χ1v) is 7.35. The van der Waals surface area contributed by atoms with Crippen molar-refractivity contribution in [3.05, 3.63) is 36.5 Å². The van der Waals surface area contributed by atoms with Gasteiger partial charge in [-0.25, -0.2) is 4.98 Å². The summed E-state index contributed by atoms with van der Waals surface area (Å²) >= 11 is 0. The molecule has 3 rings (SSSR count). The lowest BCUT2D eigenvalue weighted by Gasteiger charge is -2.41. The second-order valence-corrected chi connectivity index (χ2v) is 6.68. The fourth-order valence-corrected chi connectivity index (χ4v) is 2.50. The van der Waals surface area contributed by atoms with Crippen LogP contribution < -0.4 is 10.2 Å². The first-order valence-electron chi connectivity index (χ1n) is 7.35. The highest BCUT2D eigenvalue weighted by Crippen LogP contribution is 2.27. The summed E-state index contributed by atoms with van der Waals surface area (Å²) in [6.45, 7) is 7.45. The van der Waals surface area contributed by atoms with Crippen molar-refractivity contribution in [2.45, 2.75) is 26.8 Å². The average molecular weight is 283 g/mol. The Kier molecular flexibility index (Phi) is 3.32. The van der Waals surface area contributed by atoms with Crippen molar-refractivity contribution < 1.29 is 4.79 Å². The fourth-order valence-electron chi connectivity index (χ4n) is 2.50. The molecule has 4 nitrogen and oxygen atoms in total. The van der Waals surface area contributed by atoms with Crippen LogP contribution in [0.2, 0.25) is 0 Å². The number of hydrogen-bond donors (Lipinski definition) is 1. The molecule has 1 aliphatic rings. The van der Waals surface area contributed by atoms with Crippen LogP contribution in [-0.2, 0) is 4.79 Å². The first kappa shape index (κ1) is 13.9. The maximum Gasteiger partial charge on any atom is 0.225 e. The molecule has 0 spiro atoms. The Balaban J connectivity index is 1.70. The molecule has 2 aromatic rings. The smallest absolute Gasteiger partial charge is 0.225 e. The SMILES string of the molecule is CC(C)(C)C(=O)NC1CN(c2nccc3ccccc23)C1. The summed E-state index contributed by atoms with van der Waals surface area (Å²) < 4.78 is 0. The van der Waals surface area contributed by atoms with E-state index in [2.05, 4.69) is 27.3 Å². The van der Waals surface area contributed by atoms with Crippen LogP contribution in [0, 0.1) is 5.41 Å². The highest BCUT2D eigenvalue weighted by molar-refractivity contribution is 5.92. The van der Waals surface area contributed by atoms with Gasteiger partial charge in [0.15, 0.2) is 0 Å². The number of benzene rings is 1. The second kappa shape index (κ2) is 5.02. The van der Waals surface area contributed by atoms with Gasteiger partial charge in [-0.15, -0.1) is 0 Å². The lowest BCUT2D eigenvalue weighted by molar-refractivity contribution is -0.129. The number of anilines is 1. The monoisotopic (exact) mass is 283 g/mol. The van der Waals surface area contributed by atoms with Gasteiger partial charge in [0.1, 0.15) is 5.82 Å². The lowest BCUT2D eigenvalue weighted by Crippen LogP contribution is -2.61. The van der Waals surface area contributed by atoms with Gasteiger partial charge in [-0.2, -0.15) is 0 Å². The minimum Gasteiger partial charge on any atom is -0.352 e. The molecule has 0 atom stereocenters. The summed E-state index contributed by atoms with van der Waals surface area (Å²) in [6.07, 6.45) is 1.85. The Morgan fingerprint density at radius 1 is 1.24 bits per heavy atom. The van der Waals surface area contributed by atoms with E-state index in [1.807, 2.05) is 45.2 Å². The molecular weight excluding hydrogens is 262 g/mol. The van der Waals surface area contributed by atoms with Crippen molar-refractivity contribution >= 4 is 22.5 Å². The number of nitrogens with zero attached hydrogens (tertiary/aromatic N) is 2. The van der Waals surface area contributed by atoms with Crippen molar-refractivity contribution in [2.75, 3.05) is 18.0 Å². The summed E-state index contributed by atoms with van der Waals surface area (Å²) in [4.78, 5) is 18.7. The molecule has 1 fully saturated rings. The number of fused-ring (bicyclic) bond motifs is 1. The molecule has 4 heteroatoms. The normalized spacial score (nSPS) is 15.9. The molecular formula is C17H21N3O. The molecule has 0 saturated carbocycles. The van der Waals surface area contributed by atoms with Crippen molar-refractivity contribution in [1.82, 2.24) is 10.3 Å². The molecule has 0 unspecified atom stereocenters. The van der Waals surface area contributed by atoms with E-state index in [0.29, 0.717) is 0 Å². The molecule has 21 heavy (non-hydrogen) atoms. The van der Waals surface area contributed by atoms with Gasteiger partial charge in [-0.1, -0.05) is 45.0 Å². The van der Waals surface area contributed by atoms with E-state index in [-0.39, 0.29) is 17.4 Å². The Morgan fingerprint density at radius 3 is 2.67 bits per heavy atom. The van der Waals surface area contributed by atoms with E-state index >= 15 is 0 Å². The number of aromatic nitrogens is 1. The average Bonchev–Trinajstić information content (AvgIpc) is 2.40. The van der Waals surface area contributed by atoms with E-state index in [9.17, 15) is 4.79 Å². The molecule has 0 bridgehead atoms. The van der Waals surface area contributed by atoms with Crippen molar-refractivity contribution in [3.63, 3.8) is 0 Å². The van der Waals surface area contributed by atoms with Crippen LogP contribution in [0.3, 0.4) is 0 Å². The van der Waals surface area contributed by atoms with Crippen LogP contribution in [0.1, 0.15) is 20.8 Å². The van der Waals surface area contributed by atoms with Gasteiger partial charge >= 0.3 is 0 Å². The highest BCUT2D eigenvalue weighted by Gasteiger charge is 2.32. The lowest BCUT2D eigenvalue weighted by atomic mass is 9.94. The van der Waals surface area contributed by atoms with Gasteiger partial charge in [0.25, 0.3) is 0 Å². The van der Waals surface area contributed by atoms with Crippen LogP contribution in [-0.4, -0.2) is 30.0 Å². The van der Waals surface area contributed by atoms with Crippen LogP contribution in [0.4, 0.5) is 5.82 Å². The molecule has 2 heterocycles. The van der Waals surface area contributed by atoms with Gasteiger partial charge in [0.05, 0.1) is 6.04 Å². The van der Waals surface area contributed by atoms with E-state index < -0.39 is 0 Å². The third-order valence-electron chi connectivity index (χ3n) is 3.85. The van der Waals surface area contributed by atoms with Gasteiger partial charge in [0.2, 0.25) is 5.91 Å². The molecule has 0 aliphatic carbocycles. The first-order chi connectivity index (χ1) is 9.95. The van der Waals surface area contributed by atoms with Crippen molar-refractivity contribution in [2.24, 2.45) is 5.41 Å². The Hall–Kier alpha value is -2.10. The predicted molar refractivity (Wildman–Crippen MR) is 85.3 cm³/mol. The Bertz CT molecular complexity index is 664. The van der Waals surface area contributed by atoms with Gasteiger partial charge in [-0.3, -0.25) is 4.79 Å². The topological polar surface area (TPSA) is 45.2 Å². The minimum atomic E-state index is -0.335. The number of amides is 1. The summed E-state index contributed by atoms with van der Waals surface area (Å²) in [5.74, 6) is 1.12. The Morgan fingerprint density at radius 2 is 1.95 bits per heavy atom. The molecule has 1 amide bonds. The second-order valence-electron chi connectivity index (χ2n) is 6.68. The number of nitrogens with one attached hydrogen (secondary N) is 1. The largest absolute Gasteiger partial charge is 0.352 e. The minimum absolute atomic E-state index is 0.109. The van der Waals surface area contributed by atoms with Crippen LogP contribution in [0.25, 0.3) is 10.8 Å². The van der Waals surface area contributed by atoms with Gasteiger partial charge in [-0.05, 0) is 11.5 Å². The standard InChI is InChI=1S/C17H21N3O/c1-17(2,3)16(21)19-13-10-20(11-13)15-14-7-5-4-6-12(14)8-9-18-15/h4-9,13H,10-11H2,1-3H3,(H,19,21). The van der Waals surface area contributed by atoms with Crippen molar-refractivity contribution in [1.29, 1.82) is 0 Å². The van der Waals surface area contributed by atoms with E-state index in [1.54, 1.807) is 0 Å². The summed E-state index contributed by atoms with van der Waals surface area (Å²) in [5, 5.41) is 5.46. The Labute approximate surface area is 125 Å². The number of rotatable bonds is 2. The zero-order valence-electron chi connectivity index (χ0n) is 12.8. The maximum absolute atomic E-state index is 12.0. The van der Waals surface area contributed by atoms with E-state index in [0.717, 1.165) is 18.9 Å². The van der Waals surface area contributed by atoms with Gasteiger partial charge in [0, 0.05) is 30.1 Å². The third-order valence-corrected chi connectivity index (χ3v) is 3.85. The quantitative estimate of drug-likeness (QED) is 0.921. The summed E-state index contributed by atoms with van der Waals surface area (Å²) in [5.41, 5.74) is -0.335. The third kappa shape index (κ3) is 2.71. The van der Waals surface area contributed by atoms with Crippen molar-refractivity contribution in [3.8, 4) is 0 Å². The number of hydrogen-bond acceptors (Lipinski definition) is 3. The maximum atomic E-state index is 12.0. The predicted octanol–water partition coefficient (Wildman–Crippen LogP) is 2.59. The summed E-state index contributed by atoms with van der Waals surface area (Å²) in [6, 6.07) is 10.5. The zero-order valence-corrected chi connectivity index (χ0v) is 12.8. The molecule has 110 valence electrons.